The number of aryl methyl sites for hydroxylation is 2. The summed E-state index contributed by atoms with van der Waals surface area (Å²) in [6.07, 6.45) is 0.644. The minimum atomic E-state index is -0.0699. The van der Waals surface area contributed by atoms with E-state index in [0.29, 0.717) is 11.4 Å². The highest BCUT2D eigenvalue weighted by molar-refractivity contribution is 9.10. The summed E-state index contributed by atoms with van der Waals surface area (Å²) in [5.41, 5.74) is 5.64. The zero-order chi connectivity index (χ0) is 15.6. The van der Waals surface area contributed by atoms with Gasteiger partial charge in [0.15, 0.2) is 0 Å². The molecule has 0 aliphatic carbocycles. The van der Waals surface area contributed by atoms with Crippen LogP contribution in [0.5, 0.6) is 5.75 Å². The molecule has 0 bridgehead atoms. The third-order valence-corrected chi connectivity index (χ3v) is 4.55. The molecule has 0 fully saturated rings. The van der Waals surface area contributed by atoms with Gasteiger partial charge in [0, 0.05) is 13.5 Å². The minimum absolute atomic E-state index is 0.0699. The molecule has 2 rings (SSSR count). The standard InChI is InChI=1S/C14H18BrClN4O/c1-8-14(16)12(20(2)19-8)7-11(18-17)9-4-5-13(21-3)10(15)6-9/h4-6,11,18H,7,17H2,1-3H3. The van der Waals surface area contributed by atoms with Crippen molar-refractivity contribution in [2.75, 3.05) is 7.11 Å². The average molecular weight is 374 g/mol. The van der Waals surface area contributed by atoms with Crippen LogP contribution >= 0.6 is 27.5 Å². The quantitative estimate of drug-likeness (QED) is 0.625. The zero-order valence-corrected chi connectivity index (χ0v) is 14.5. The second-order valence-corrected chi connectivity index (χ2v) is 6.02. The van der Waals surface area contributed by atoms with Gasteiger partial charge in [-0.3, -0.25) is 16.0 Å². The number of hydrazine groups is 1. The molecule has 1 unspecified atom stereocenters. The molecule has 0 saturated heterocycles. The predicted octanol–water partition coefficient (Wildman–Crippen LogP) is 2.90. The van der Waals surface area contributed by atoms with E-state index in [1.165, 1.54) is 0 Å². The van der Waals surface area contributed by atoms with Crippen LogP contribution in [0.2, 0.25) is 5.02 Å². The maximum atomic E-state index is 6.30. The van der Waals surface area contributed by atoms with Gasteiger partial charge in [-0.1, -0.05) is 17.7 Å². The number of rotatable bonds is 5. The van der Waals surface area contributed by atoms with Gasteiger partial charge < -0.3 is 4.74 Å². The van der Waals surface area contributed by atoms with Gasteiger partial charge in [-0.15, -0.1) is 0 Å². The molecule has 0 radical (unpaired) electrons. The van der Waals surface area contributed by atoms with Crippen LogP contribution in [0.1, 0.15) is 23.0 Å². The summed E-state index contributed by atoms with van der Waals surface area (Å²) in [7, 11) is 3.52. The Morgan fingerprint density at radius 2 is 2.24 bits per heavy atom. The number of ether oxygens (including phenoxy) is 1. The summed E-state index contributed by atoms with van der Waals surface area (Å²) in [6.45, 7) is 1.89. The Morgan fingerprint density at radius 3 is 2.71 bits per heavy atom. The summed E-state index contributed by atoms with van der Waals surface area (Å²) in [5, 5.41) is 5.01. The molecule has 0 aliphatic heterocycles. The van der Waals surface area contributed by atoms with Gasteiger partial charge in [0.2, 0.25) is 0 Å². The van der Waals surface area contributed by atoms with Crippen LogP contribution in [0, 0.1) is 6.92 Å². The number of nitrogens with one attached hydrogen (secondary N) is 1. The van der Waals surface area contributed by atoms with Gasteiger partial charge >= 0.3 is 0 Å². The Labute approximate surface area is 137 Å². The third kappa shape index (κ3) is 3.40. The van der Waals surface area contributed by atoms with E-state index < -0.39 is 0 Å². The lowest BCUT2D eigenvalue weighted by Gasteiger charge is -2.18. The summed E-state index contributed by atoms with van der Waals surface area (Å²) in [4.78, 5) is 0. The van der Waals surface area contributed by atoms with E-state index in [0.717, 1.165) is 27.2 Å². The van der Waals surface area contributed by atoms with Gasteiger partial charge in [0.1, 0.15) is 5.75 Å². The highest BCUT2D eigenvalue weighted by Gasteiger charge is 2.18. The number of nitrogens with two attached hydrogens (primary N) is 1. The van der Waals surface area contributed by atoms with Crippen molar-refractivity contribution in [3.05, 3.63) is 44.6 Å². The first kappa shape index (κ1) is 16.3. The van der Waals surface area contributed by atoms with Crippen molar-refractivity contribution in [3.63, 3.8) is 0 Å². The van der Waals surface area contributed by atoms with E-state index in [4.69, 9.17) is 22.2 Å². The van der Waals surface area contributed by atoms with Gasteiger partial charge in [-0.25, -0.2) is 0 Å². The van der Waals surface area contributed by atoms with Crippen molar-refractivity contribution in [1.29, 1.82) is 0 Å². The first-order chi connectivity index (χ1) is 9.97. The first-order valence-electron chi connectivity index (χ1n) is 6.45. The summed E-state index contributed by atoms with van der Waals surface area (Å²) in [5.74, 6) is 6.49. The smallest absolute Gasteiger partial charge is 0.133 e. The number of nitrogens with zero attached hydrogens (tertiary/aromatic N) is 2. The molecular formula is C14H18BrClN4O. The molecule has 3 N–H and O–H groups in total. The fourth-order valence-corrected chi connectivity index (χ4v) is 3.06. The Kier molecular flexibility index (Phi) is 5.27. The lowest BCUT2D eigenvalue weighted by atomic mass is 10.0. The molecule has 1 aromatic carbocycles. The van der Waals surface area contributed by atoms with Crippen LogP contribution in [0.3, 0.4) is 0 Å². The molecule has 114 valence electrons. The molecule has 5 nitrogen and oxygen atoms in total. The maximum Gasteiger partial charge on any atom is 0.133 e. The predicted molar refractivity (Wildman–Crippen MR) is 87.4 cm³/mol. The summed E-state index contributed by atoms with van der Waals surface area (Å²) in [6, 6.07) is 5.80. The molecule has 1 heterocycles. The average Bonchev–Trinajstić information content (AvgIpc) is 2.70. The number of methoxy groups -OCH3 is 1. The normalized spacial score (nSPS) is 12.5. The highest BCUT2D eigenvalue weighted by Crippen LogP contribution is 2.30. The van der Waals surface area contributed by atoms with E-state index in [2.05, 4.69) is 26.5 Å². The Bertz CT molecular complexity index is 644. The van der Waals surface area contributed by atoms with Crippen molar-refractivity contribution >= 4 is 27.5 Å². The van der Waals surface area contributed by atoms with E-state index >= 15 is 0 Å². The van der Waals surface area contributed by atoms with Crippen molar-refractivity contribution in [3.8, 4) is 5.75 Å². The fraction of sp³-hybridized carbons (Fsp3) is 0.357. The van der Waals surface area contributed by atoms with Crippen LogP contribution in [0.25, 0.3) is 0 Å². The Hall–Kier alpha value is -1.08. The molecule has 1 aromatic heterocycles. The Morgan fingerprint density at radius 1 is 1.52 bits per heavy atom. The topological polar surface area (TPSA) is 65.1 Å². The second-order valence-electron chi connectivity index (χ2n) is 4.79. The molecular weight excluding hydrogens is 356 g/mol. The summed E-state index contributed by atoms with van der Waals surface area (Å²) < 4.78 is 7.92. The van der Waals surface area contributed by atoms with Gasteiger partial charge in [-0.2, -0.15) is 5.10 Å². The molecule has 0 aliphatic rings. The van der Waals surface area contributed by atoms with E-state index in [-0.39, 0.29) is 6.04 Å². The molecule has 7 heteroatoms. The molecule has 0 amide bonds. The maximum absolute atomic E-state index is 6.30. The van der Waals surface area contributed by atoms with Crippen LogP contribution in [0.4, 0.5) is 0 Å². The van der Waals surface area contributed by atoms with Crippen molar-refractivity contribution in [1.82, 2.24) is 15.2 Å². The van der Waals surface area contributed by atoms with E-state index in [1.807, 2.05) is 32.2 Å². The number of hydrogen-bond acceptors (Lipinski definition) is 4. The van der Waals surface area contributed by atoms with E-state index in [1.54, 1.807) is 11.8 Å². The summed E-state index contributed by atoms with van der Waals surface area (Å²) >= 11 is 9.79. The van der Waals surface area contributed by atoms with Crippen LogP contribution < -0.4 is 16.0 Å². The first-order valence-corrected chi connectivity index (χ1v) is 7.62. The van der Waals surface area contributed by atoms with Crippen LogP contribution in [0.15, 0.2) is 22.7 Å². The monoisotopic (exact) mass is 372 g/mol. The molecule has 2 aromatic rings. The van der Waals surface area contributed by atoms with Gasteiger partial charge in [0.05, 0.1) is 34.0 Å². The van der Waals surface area contributed by atoms with Crippen LogP contribution in [-0.4, -0.2) is 16.9 Å². The second kappa shape index (κ2) is 6.79. The third-order valence-electron chi connectivity index (χ3n) is 3.44. The van der Waals surface area contributed by atoms with Crippen molar-refractivity contribution < 1.29 is 4.74 Å². The SMILES string of the molecule is COc1ccc(C(Cc2c(Cl)c(C)nn2C)NN)cc1Br. The molecule has 0 saturated carbocycles. The fourth-order valence-electron chi connectivity index (χ4n) is 2.27. The van der Waals surface area contributed by atoms with Crippen molar-refractivity contribution in [2.45, 2.75) is 19.4 Å². The van der Waals surface area contributed by atoms with E-state index in [9.17, 15) is 0 Å². The number of halogens is 2. The largest absolute Gasteiger partial charge is 0.496 e. The lowest BCUT2D eigenvalue weighted by Crippen LogP contribution is -2.30. The van der Waals surface area contributed by atoms with Crippen LogP contribution in [-0.2, 0) is 13.5 Å². The zero-order valence-electron chi connectivity index (χ0n) is 12.2. The minimum Gasteiger partial charge on any atom is -0.496 e. The number of aromatic nitrogens is 2. The van der Waals surface area contributed by atoms with Gasteiger partial charge in [-0.05, 0) is 40.5 Å². The molecule has 0 spiro atoms. The highest BCUT2D eigenvalue weighted by atomic mass is 79.9. The molecule has 1 atom stereocenters. The molecule has 21 heavy (non-hydrogen) atoms. The number of benzene rings is 1. The van der Waals surface area contributed by atoms with Crippen molar-refractivity contribution in [2.24, 2.45) is 12.9 Å². The van der Waals surface area contributed by atoms with Gasteiger partial charge in [0.25, 0.3) is 0 Å². The number of hydrogen-bond donors (Lipinski definition) is 2. The lowest BCUT2D eigenvalue weighted by molar-refractivity contribution is 0.411. The Balaban J connectivity index is 2.30.